The molecule has 1 spiro atoms. The fourth-order valence-electron chi connectivity index (χ4n) is 5.48. The molecule has 3 aromatic rings. The fourth-order valence-corrected chi connectivity index (χ4v) is 5.92. The van der Waals surface area contributed by atoms with Crippen molar-refractivity contribution in [1.82, 2.24) is 14.5 Å². The van der Waals surface area contributed by atoms with Crippen molar-refractivity contribution in [3.05, 3.63) is 94.7 Å². The lowest BCUT2D eigenvalue weighted by molar-refractivity contribution is -0.0716. The topological polar surface area (TPSA) is 86.0 Å². The average molecular weight is 563 g/mol. The van der Waals surface area contributed by atoms with Crippen LogP contribution in [0.15, 0.2) is 77.2 Å². The van der Waals surface area contributed by atoms with Gasteiger partial charge in [-0.1, -0.05) is 11.2 Å². The maximum absolute atomic E-state index is 13.8. The van der Waals surface area contributed by atoms with Crippen molar-refractivity contribution < 1.29 is 22.4 Å². The highest BCUT2D eigenvalue weighted by atomic mass is 32.2. The molecule has 3 aliphatic rings. The number of aromatic nitrogens is 2. The van der Waals surface area contributed by atoms with Gasteiger partial charge in [0.05, 0.1) is 24.3 Å². The minimum absolute atomic E-state index is 0.0415. The molecule has 8 nitrogen and oxygen atoms in total. The van der Waals surface area contributed by atoms with Gasteiger partial charge < -0.3 is 19.0 Å². The van der Waals surface area contributed by atoms with E-state index in [1.54, 1.807) is 18.5 Å². The Morgan fingerprint density at radius 2 is 1.95 bits per heavy atom. The number of imidazole rings is 1. The molecule has 1 unspecified atom stereocenters. The molecule has 1 aliphatic carbocycles. The number of sulfone groups is 1. The maximum Gasteiger partial charge on any atom is 0.257 e. The number of hydrogen-bond donors (Lipinski definition) is 0. The Kier molecular flexibility index (Phi) is 6.33. The Balaban J connectivity index is 1.42. The molecule has 0 bridgehead atoms. The van der Waals surface area contributed by atoms with Crippen LogP contribution in [0.1, 0.15) is 43.0 Å². The molecule has 2 aromatic carbocycles. The van der Waals surface area contributed by atoms with Gasteiger partial charge in [-0.2, -0.15) is 0 Å². The highest BCUT2D eigenvalue weighted by Gasteiger charge is 2.57. The summed E-state index contributed by atoms with van der Waals surface area (Å²) >= 11 is 0. The van der Waals surface area contributed by atoms with E-state index in [-0.39, 0.29) is 11.2 Å². The average Bonchev–Trinajstić information content (AvgIpc) is 3.32. The van der Waals surface area contributed by atoms with Crippen LogP contribution in [-0.4, -0.2) is 48.1 Å². The standard InChI is InChI=1S/C30H31FN4O4S/c1-4-38-27-16-22(5-10-26(27)34-18-21(2)32-20-34)15-23-17-29(11-12-29)19-35-28(23)33-39-30(35,13-14-40(3,36)37)24-6-8-25(31)9-7-24/h5-10,13-16,18,20H,4,11-12,17,19H2,1-3H3. The van der Waals surface area contributed by atoms with E-state index >= 15 is 0 Å². The van der Waals surface area contributed by atoms with Gasteiger partial charge in [0.2, 0.25) is 0 Å². The van der Waals surface area contributed by atoms with E-state index in [0.29, 0.717) is 24.6 Å². The van der Waals surface area contributed by atoms with Crippen LogP contribution in [0.4, 0.5) is 4.39 Å². The summed E-state index contributed by atoms with van der Waals surface area (Å²) in [6.07, 6.45) is 11.4. The third-order valence-corrected chi connectivity index (χ3v) is 8.28. The smallest absolute Gasteiger partial charge is 0.257 e. The van der Waals surface area contributed by atoms with Gasteiger partial charge in [0, 0.05) is 30.0 Å². The molecule has 3 heterocycles. The van der Waals surface area contributed by atoms with Crippen LogP contribution >= 0.6 is 0 Å². The predicted molar refractivity (Wildman–Crippen MR) is 151 cm³/mol. The minimum atomic E-state index is -3.46. The molecule has 1 saturated carbocycles. The van der Waals surface area contributed by atoms with Crippen LogP contribution in [0.25, 0.3) is 11.8 Å². The number of oxime groups is 1. The van der Waals surface area contributed by atoms with Crippen molar-refractivity contribution in [2.24, 2.45) is 10.6 Å². The minimum Gasteiger partial charge on any atom is -0.492 e. The van der Waals surface area contributed by atoms with Crippen LogP contribution in [-0.2, 0) is 20.4 Å². The van der Waals surface area contributed by atoms with Crippen LogP contribution in [0.3, 0.4) is 0 Å². The number of hydrogen-bond acceptors (Lipinski definition) is 7. The van der Waals surface area contributed by atoms with E-state index in [1.807, 2.05) is 47.7 Å². The van der Waals surface area contributed by atoms with Gasteiger partial charge in [0.1, 0.15) is 11.6 Å². The van der Waals surface area contributed by atoms with Crippen LogP contribution in [0.5, 0.6) is 5.75 Å². The number of halogens is 1. The van der Waals surface area contributed by atoms with Gasteiger partial charge >= 0.3 is 0 Å². The number of piperidine rings is 1. The first-order valence-corrected chi connectivity index (χ1v) is 15.2. The van der Waals surface area contributed by atoms with Gasteiger partial charge in [0.15, 0.2) is 15.7 Å². The van der Waals surface area contributed by atoms with E-state index in [4.69, 9.17) is 9.57 Å². The number of benzene rings is 2. The van der Waals surface area contributed by atoms with Crippen molar-refractivity contribution >= 4 is 21.7 Å². The number of ether oxygens (including phenoxy) is 1. The lowest BCUT2D eigenvalue weighted by Crippen LogP contribution is -2.51. The van der Waals surface area contributed by atoms with Crippen LogP contribution < -0.4 is 4.74 Å². The molecule has 10 heteroatoms. The Hall–Kier alpha value is -3.92. The van der Waals surface area contributed by atoms with E-state index in [2.05, 4.69) is 16.2 Å². The lowest BCUT2D eigenvalue weighted by Gasteiger charge is -2.41. The first-order valence-electron chi connectivity index (χ1n) is 13.3. The second-order valence-corrected chi connectivity index (χ2v) is 12.8. The molecule has 1 aromatic heterocycles. The first-order chi connectivity index (χ1) is 19.1. The monoisotopic (exact) mass is 562 g/mol. The summed E-state index contributed by atoms with van der Waals surface area (Å²) < 4.78 is 46.1. The molecular weight excluding hydrogens is 531 g/mol. The Labute approximate surface area is 233 Å². The van der Waals surface area contributed by atoms with E-state index in [9.17, 15) is 12.8 Å². The molecule has 6 rings (SSSR count). The van der Waals surface area contributed by atoms with Crippen molar-refractivity contribution in [3.8, 4) is 11.4 Å². The largest absolute Gasteiger partial charge is 0.492 e. The second-order valence-electron chi connectivity index (χ2n) is 10.9. The number of fused-ring (bicyclic) bond motifs is 1. The van der Waals surface area contributed by atoms with E-state index in [0.717, 1.165) is 59.2 Å². The summed E-state index contributed by atoms with van der Waals surface area (Å²) in [5.41, 5.74) is 3.10. The highest BCUT2D eigenvalue weighted by Crippen LogP contribution is 2.57. The molecule has 0 N–H and O–H groups in total. The van der Waals surface area contributed by atoms with Gasteiger partial charge in [0.25, 0.3) is 5.72 Å². The zero-order valence-electron chi connectivity index (χ0n) is 22.7. The van der Waals surface area contributed by atoms with Crippen molar-refractivity contribution in [2.45, 2.75) is 38.8 Å². The highest BCUT2D eigenvalue weighted by molar-refractivity contribution is 7.93. The predicted octanol–water partition coefficient (Wildman–Crippen LogP) is 5.34. The van der Waals surface area contributed by atoms with Crippen molar-refractivity contribution in [2.75, 3.05) is 19.4 Å². The number of nitrogens with zero attached hydrogens (tertiary/aromatic N) is 4. The summed E-state index contributed by atoms with van der Waals surface area (Å²) in [6.45, 7) is 5.07. The normalized spacial score (nSPS) is 22.4. The quantitative estimate of drug-likeness (QED) is 0.386. The Morgan fingerprint density at radius 3 is 2.60 bits per heavy atom. The molecule has 0 amide bonds. The molecule has 40 heavy (non-hydrogen) atoms. The van der Waals surface area contributed by atoms with Gasteiger partial charge in [-0.15, -0.1) is 0 Å². The molecule has 1 atom stereocenters. The summed E-state index contributed by atoms with van der Waals surface area (Å²) in [6, 6.07) is 12.0. The van der Waals surface area contributed by atoms with Gasteiger partial charge in [-0.3, -0.25) is 0 Å². The van der Waals surface area contributed by atoms with E-state index in [1.165, 1.54) is 18.2 Å². The van der Waals surface area contributed by atoms with Crippen molar-refractivity contribution in [1.29, 1.82) is 0 Å². The number of aryl methyl sites for hydroxylation is 1. The van der Waals surface area contributed by atoms with E-state index < -0.39 is 15.6 Å². The third kappa shape index (κ3) is 4.92. The Morgan fingerprint density at radius 1 is 1.18 bits per heavy atom. The summed E-state index contributed by atoms with van der Waals surface area (Å²) in [7, 11) is -3.46. The maximum atomic E-state index is 13.8. The van der Waals surface area contributed by atoms with Crippen LogP contribution in [0.2, 0.25) is 0 Å². The first kappa shape index (κ1) is 26.3. The van der Waals surface area contributed by atoms with Crippen molar-refractivity contribution in [3.63, 3.8) is 0 Å². The van der Waals surface area contributed by atoms with Gasteiger partial charge in [-0.05, 0) is 98.2 Å². The summed E-state index contributed by atoms with van der Waals surface area (Å²) in [4.78, 5) is 12.5. The zero-order valence-corrected chi connectivity index (χ0v) is 23.5. The molecular formula is C30H31FN4O4S. The second kappa shape index (κ2) is 9.62. The fraction of sp³-hybridized carbons (Fsp3) is 0.333. The third-order valence-electron chi connectivity index (χ3n) is 7.64. The number of rotatable bonds is 7. The zero-order chi connectivity index (χ0) is 28.1. The lowest BCUT2D eigenvalue weighted by atomic mass is 9.86. The Bertz CT molecular complexity index is 1650. The molecule has 1 saturated heterocycles. The molecule has 208 valence electrons. The summed E-state index contributed by atoms with van der Waals surface area (Å²) in [5, 5.41) is 5.64. The molecule has 2 fully saturated rings. The molecule has 0 radical (unpaired) electrons. The summed E-state index contributed by atoms with van der Waals surface area (Å²) in [5.74, 6) is 0.999. The van der Waals surface area contributed by atoms with Gasteiger partial charge in [-0.25, -0.2) is 17.8 Å². The number of amidine groups is 1. The van der Waals surface area contributed by atoms with Crippen LogP contribution in [0, 0.1) is 18.2 Å². The molecule has 2 aliphatic heterocycles. The SMILES string of the molecule is CCOc1cc(C=C2CC3(CC3)CN3C2=NOC3(C=CS(C)(=O)=O)c2ccc(F)cc2)ccc1-n1cnc(C)c1.